The van der Waals surface area contributed by atoms with Crippen molar-refractivity contribution in [1.82, 2.24) is 15.1 Å². The highest BCUT2D eigenvalue weighted by Gasteiger charge is 2.37. The largest absolute Gasteiger partial charge is 0.415 e. The molecule has 1 saturated carbocycles. The van der Waals surface area contributed by atoms with Crippen molar-refractivity contribution < 1.29 is 26.0 Å². The Hall–Kier alpha value is -2.63. The van der Waals surface area contributed by atoms with E-state index in [1.54, 1.807) is 48.5 Å². The Bertz CT molecular complexity index is 1360. The van der Waals surface area contributed by atoms with Crippen molar-refractivity contribution in [2.75, 3.05) is 17.4 Å². The highest BCUT2D eigenvalue weighted by molar-refractivity contribution is 7.93. The van der Waals surface area contributed by atoms with E-state index in [2.05, 4.69) is 15.1 Å². The predicted molar refractivity (Wildman–Crippen MR) is 143 cm³/mol. The molecule has 1 saturated heterocycles. The molecule has 1 aliphatic carbocycles. The standard InChI is InChI=1S/C27H30ClF3N4O3S/c28-20-2-1-3-23(16-20)35(17-18-4-6-19(7-5-18)26-32-33-27(38-26)25(30)31)39(36,37)24-12-14-34(15-13-24)22-10-8-21(29)9-11-22/h1-7,16,21-22,24-25H,8-15,17H2. The number of aromatic nitrogens is 2. The molecule has 0 spiro atoms. The summed E-state index contributed by atoms with van der Waals surface area (Å²) in [4.78, 5) is 2.32. The molecule has 210 valence electrons. The van der Waals surface area contributed by atoms with Crippen LogP contribution in [0.15, 0.2) is 52.9 Å². The third kappa shape index (κ3) is 6.41. The molecule has 12 heteroatoms. The molecule has 1 aliphatic heterocycles. The summed E-state index contributed by atoms with van der Waals surface area (Å²) in [6.07, 6.45) is 0.191. The van der Waals surface area contributed by atoms with Crippen LogP contribution < -0.4 is 4.31 Å². The number of benzene rings is 2. The van der Waals surface area contributed by atoms with E-state index in [1.165, 1.54) is 4.31 Å². The zero-order chi connectivity index (χ0) is 27.6. The third-order valence-corrected chi connectivity index (χ3v) is 10.1. The van der Waals surface area contributed by atoms with Crippen LogP contribution in [0.25, 0.3) is 11.5 Å². The number of halogens is 4. The number of sulfonamides is 1. The van der Waals surface area contributed by atoms with Crippen LogP contribution in [0.4, 0.5) is 18.9 Å². The lowest BCUT2D eigenvalue weighted by Gasteiger charge is -2.40. The minimum atomic E-state index is -3.76. The highest BCUT2D eigenvalue weighted by Crippen LogP contribution is 2.33. The molecule has 0 unspecified atom stereocenters. The van der Waals surface area contributed by atoms with Gasteiger partial charge in [-0.05, 0) is 87.5 Å². The van der Waals surface area contributed by atoms with Crippen LogP contribution in [0.5, 0.6) is 0 Å². The van der Waals surface area contributed by atoms with Crippen LogP contribution in [-0.4, -0.2) is 54.1 Å². The minimum Gasteiger partial charge on any atom is -0.415 e. The van der Waals surface area contributed by atoms with Gasteiger partial charge in [0.2, 0.25) is 15.9 Å². The fourth-order valence-electron chi connectivity index (χ4n) is 5.44. The van der Waals surface area contributed by atoms with E-state index in [1.807, 2.05) is 0 Å². The summed E-state index contributed by atoms with van der Waals surface area (Å²) in [7, 11) is -3.76. The number of rotatable bonds is 8. The fourth-order valence-corrected chi connectivity index (χ4v) is 7.52. The van der Waals surface area contributed by atoms with Gasteiger partial charge in [0, 0.05) is 16.6 Å². The first kappa shape index (κ1) is 27.9. The Morgan fingerprint density at radius 1 is 1.00 bits per heavy atom. The number of alkyl halides is 3. The summed E-state index contributed by atoms with van der Waals surface area (Å²) in [6.45, 7) is 1.39. The monoisotopic (exact) mass is 582 g/mol. The minimum absolute atomic E-state index is 0.0390. The molecule has 2 aromatic carbocycles. The predicted octanol–water partition coefficient (Wildman–Crippen LogP) is 6.41. The summed E-state index contributed by atoms with van der Waals surface area (Å²) in [5, 5.41) is 6.87. The van der Waals surface area contributed by atoms with E-state index in [4.69, 9.17) is 16.0 Å². The quantitative estimate of drug-likeness (QED) is 0.305. The maximum atomic E-state index is 14.0. The third-order valence-electron chi connectivity index (χ3n) is 7.60. The molecule has 2 aliphatic rings. The maximum Gasteiger partial charge on any atom is 0.314 e. The van der Waals surface area contributed by atoms with E-state index in [0.717, 1.165) is 12.8 Å². The lowest BCUT2D eigenvalue weighted by Crippen LogP contribution is -2.49. The van der Waals surface area contributed by atoms with Crippen molar-refractivity contribution in [3.8, 4) is 11.5 Å². The van der Waals surface area contributed by atoms with E-state index >= 15 is 0 Å². The summed E-state index contributed by atoms with van der Waals surface area (Å²) in [5.74, 6) is -0.795. The van der Waals surface area contributed by atoms with E-state index in [9.17, 15) is 21.6 Å². The van der Waals surface area contributed by atoms with Crippen LogP contribution in [0, 0.1) is 0 Å². The Kier molecular flexibility index (Phi) is 8.49. The normalized spacial score (nSPS) is 21.4. The molecule has 2 heterocycles. The van der Waals surface area contributed by atoms with Crippen molar-refractivity contribution >= 4 is 27.3 Å². The van der Waals surface area contributed by atoms with Crippen LogP contribution in [0.1, 0.15) is 56.4 Å². The van der Waals surface area contributed by atoms with Gasteiger partial charge in [0.25, 0.3) is 5.89 Å². The number of nitrogens with zero attached hydrogens (tertiary/aromatic N) is 4. The smallest absolute Gasteiger partial charge is 0.314 e. The lowest BCUT2D eigenvalue weighted by molar-refractivity contribution is 0.103. The summed E-state index contributed by atoms with van der Waals surface area (Å²) >= 11 is 6.22. The Labute approximate surface area is 231 Å². The van der Waals surface area contributed by atoms with Gasteiger partial charge in [-0.25, -0.2) is 12.8 Å². The van der Waals surface area contributed by atoms with Crippen LogP contribution >= 0.6 is 11.6 Å². The molecule has 0 bridgehead atoms. The first-order valence-corrected chi connectivity index (χ1v) is 14.9. The van der Waals surface area contributed by atoms with Gasteiger partial charge in [0.05, 0.1) is 17.5 Å². The van der Waals surface area contributed by atoms with Gasteiger partial charge in [-0.1, -0.05) is 29.8 Å². The zero-order valence-corrected chi connectivity index (χ0v) is 22.8. The molecule has 0 radical (unpaired) electrons. The molecule has 0 atom stereocenters. The van der Waals surface area contributed by atoms with E-state index < -0.39 is 33.8 Å². The molecular formula is C27H30ClF3N4O3S. The number of hydrogen-bond acceptors (Lipinski definition) is 6. The highest BCUT2D eigenvalue weighted by atomic mass is 35.5. The molecule has 39 heavy (non-hydrogen) atoms. The molecule has 0 amide bonds. The number of piperidine rings is 1. The van der Waals surface area contributed by atoms with Gasteiger partial charge in [0.15, 0.2) is 0 Å². The summed E-state index contributed by atoms with van der Waals surface area (Å²) in [5.41, 5.74) is 1.61. The molecule has 3 aromatic rings. The Balaban J connectivity index is 1.33. The van der Waals surface area contributed by atoms with Gasteiger partial charge in [0.1, 0.15) is 6.17 Å². The van der Waals surface area contributed by atoms with Crippen LogP contribution in [0.3, 0.4) is 0 Å². The van der Waals surface area contributed by atoms with Gasteiger partial charge < -0.3 is 9.32 Å². The van der Waals surface area contributed by atoms with Crippen LogP contribution in [-0.2, 0) is 16.6 Å². The molecule has 1 aromatic heterocycles. The second-order valence-corrected chi connectivity index (χ2v) is 12.7. The first-order valence-electron chi connectivity index (χ1n) is 13.1. The van der Waals surface area contributed by atoms with Crippen molar-refractivity contribution in [2.45, 2.75) is 69.0 Å². The maximum absolute atomic E-state index is 14.0. The van der Waals surface area contributed by atoms with Crippen molar-refractivity contribution in [1.29, 1.82) is 0 Å². The second-order valence-electron chi connectivity index (χ2n) is 10.1. The van der Waals surface area contributed by atoms with Gasteiger partial charge in [-0.2, -0.15) is 8.78 Å². The molecule has 2 fully saturated rings. The second kappa shape index (κ2) is 11.9. The van der Waals surface area contributed by atoms with Gasteiger partial charge >= 0.3 is 6.43 Å². The van der Waals surface area contributed by atoms with Crippen molar-refractivity contribution in [2.24, 2.45) is 0 Å². The molecular weight excluding hydrogens is 553 g/mol. The summed E-state index contributed by atoms with van der Waals surface area (Å²) in [6, 6.07) is 13.7. The lowest BCUT2D eigenvalue weighted by atomic mass is 9.91. The number of hydrogen-bond donors (Lipinski definition) is 0. The molecule has 7 nitrogen and oxygen atoms in total. The van der Waals surface area contributed by atoms with Crippen LogP contribution in [0.2, 0.25) is 5.02 Å². The average molecular weight is 583 g/mol. The molecule has 5 rings (SSSR count). The van der Waals surface area contributed by atoms with Gasteiger partial charge in [-0.3, -0.25) is 4.31 Å². The number of likely N-dealkylation sites (tertiary alicyclic amines) is 1. The first-order chi connectivity index (χ1) is 18.7. The molecule has 0 N–H and O–H groups in total. The SMILES string of the molecule is O=S(=O)(C1CCN(C2CCC(F)CC2)CC1)N(Cc1ccc(-c2nnc(C(F)F)o2)cc1)c1cccc(Cl)c1. The van der Waals surface area contributed by atoms with Gasteiger partial charge in [-0.15, -0.1) is 10.2 Å². The Morgan fingerprint density at radius 2 is 1.69 bits per heavy atom. The van der Waals surface area contributed by atoms with E-state index in [-0.39, 0.29) is 12.4 Å². The average Bonchev–Trinajstić information content (AvgIpc) is 3.43. The van der Waals surface area contributed by atoms with E-state index in [0.29, 0.717) is 66.7 Å². The zero-order valence-electron chi connectivity index (χ0n) is 21.2. The van der Waals surface area contributed by atoms with Crippen molar-refractivity contribution in [3.63, 3.8) is 0 Å². The van der Waals surface area contributed by atoms with Crippen molar-refractivity contribution in [3.05, 3.63) is 65.0 Å². The Morgan fingerprint density at radius 3 is 2.31 bits per heavy atom. The topological polar surface area (TPSA) is 79.5 Å². The fraction of sp³-hybridized carbons (Fsp3) is 0.481. The summed E-state index contributed by atoms with van der Waals surface area (Å²) < 4.78 is 73.6. The number of anilines is 1.